The Morgan fingerprint density at radius 1 is 1.14 bits per heavy atom. The maximum Gasteiger partial charge on any atom is 0.265 e. The lowest BCUT2D eigenvalue weighted by Crippen LogP contribution is -2.19. The second-order valence-electron chi connectivity index (χ2n) is 5.42. The van der Waals surface area contributed by atoms with Gasteiger partial charge in [-0.15, -0.1) is 0 Å². The number of amides is 1. The molecule has 0 saturated carbocycles. The van der Waals surface area contributed by atoms with E-state index in [0.29, 0.717) is 0 Å². The summed E-state index contributed by atoms with van der Waals surface area (Å²) < 4.78 is 38.5. The average molecular weight is 405 g/mol. The molecular formula is C18H17N2O7S-. The van der Waals surface area contributed by atoms with Gasteiger partial charge in [-0.05, 0) is 35.9 Å². The molecule has 9 nitrogen and oxygen atoms in total. The number of anilines is 1. The fraction of sp³-hybridized carbons (Fsp3) is 0.111. The van der Waals surface area contributed by atoms with Crippen molar-refractivity contribution in [2.45, 2.75) is 4.90 Å². The highest BCUT2D eigenvalue weighted by molar-refractivity contribution is 7.92. The third kappa shape index (κ3) is 4.60. The van der Waals surface area contributed by atoms with Crippen molar-refractivity contribution in [2.24, 2.45) is 5.73 Å². The summed E-state index contributed by atoms with van der Waals surface area (Å²) in [4.78, 5) is 21.9. The molecule has 28 heavy (non-hydrogen) atoms. The summed E-state index contributed by atoms with van der Waals surface area (Å²) in [5.41, 5.74) is 5.45. The van der Waals surface area contributed by atoms with E-state index < -0.39 is 21.9 Å². The highest BCUT2D eigenvalue weighted by Gasteiger charge is 2.25. The number of carbonyl (C=O) groups is 2. The second-order valence-corrected chi connectivity index (χ2v) is 7.07. The lowest BCUT2D eigenvalue weighted by molar-refractivity contribution is -0.297. The van der Waals surface area contributed by atoms with Gasteiger partial charge in [-0.3, -0.25) is 9.52 Å². The zero-order valence-corrected chi connectivity index (χ0v) is 15.8. The van der Waals surface area contributed by atoms with Crippen LogP contribution in [0.3, 0.4) is 0 Å². The first-order valence-electron chi connectivity index (χ1n) is 7.76. The number of methoxy groups -OCH3 is 2. The zero-order chi connectivity index (χ0) is 20.9. The van der Waals surface area contributed by atoms with Crippen molar-refractivity contribution in [1.29, 1.82) is 0 Å². The van der Waals surface area contributed by atoms with Gasteiger partial charge < -0.3 is 25.1 Å². The molecule has 0 fully saturated rings. The van der Waals surface area contributed by atoms with E-state index in [0.717, 1.165) is 12.2 Å². The van der Waals surface area contributed by atoms with Crippen LogP contribution in [0.1, 0.15) is 15.9 Å². The Kier molecular flexibility index (Phi) is 6.26. The topological polar surface area (TPSA) is 148 Å². The van der Waals surface area contributed by atoms with Crippen molar-refractivity contribution < 1.29 is 32.6 Å². The number of nitrogens with two attached hydrogens (primary N) is 1. The van der Waals surface area contributed by atoms with Crippen LogP contribution in [-0.4, -0.2) is 34.5 Å². The fourth-order valence-electron chi connectivity index (χ4n) is 2.40. The SMILES string of the molecule is COc1cc(/C=C/C(=O)[O-])cc(S(=O)(=O)Nc2ccccc2C(N)=O)c1OC. The first-order valence-corrected chi connectivity index (χ1v) is 9.24. The largest absolute Gasteiger partial charge is 0.545 e. The molecule has 1 amide bonds. The molecule has 0 aliphatic rings. The number of sulfonamides is 1. The van der Waals surface area contributed by atoms with Crippen LogP contribution in [0, 0.1) is 0 Å². The number of hydrogen-bond acceptors (Lipinski definition) is 7. The summed E-state index contributed by atoms with van der Waals surface area (Å²) in [6.07, 6.45) is 1.89. The Morgan fingerprint density at radius 2 is 1.82 bits per heavy atom. The Hall–Kier alpha value is -3.53. The molecule has 3 N–H and O–H groups in total. The van der Waals surface area contributed by atoms with Crippen molar-refractivity contribution >= 4 is 33.7 Å². The quantitative estimate of drug-likeness (QED) is 0.603. The first-order chi connectivity index (χ1) is 13.2. The minimum absolute atomic E-state index is 0.0216. The molecule has 0 atom stereocenters. The number of aliphatic carboxylic acids is 1. The van der Waals surface area contributed by atoms with E-state index in [9.17, 15) is 23.1 Å². The van der Waals surface area contributed by atoms with E-state index >= 15 is 0 Å². The van der Waals surface area contributed by atoms with E-state index in [-0.39, 0.29) is 33.2 Å². The van der Waals surface area contributed by atoms with Crippen LogP contribution < -0.4 is 25.0 Å². The van der Waals surface area contributed by atoms with Gasteiger partial charge in [0.25, 0.3) is 15.9 Å². The van der Waals surface area contributed by atoms with Crippen LogP contribution in [0.5, 0.6) is 11.5 Å². The summed E-state index contributed by atoms with van der Waals surface area (Å²) in [5, 5.41) is 10.6. The maximum atomic E-state index is 13.0. The smallest absolute Gasteiger partial charge is 0.265 e. The molecular weight excluding hydrogens is 388 g/mol. The molecule has 0 unspecified atom stereocenters. The van der Waals surface area contributed by atoms with E-state index in [2.05, 4.69) is 4.72 Å². The number of carboxylic acids is 1. The Labute approximate surface area is 161 Å². The van der Waals surface area contributed by atoms with Crippen LogP contribution in [0.25, 0.3) is 6.08 Å². The van der Waals surface area contributed by atoms with Crippen molar-refractivity contribution in [3.63, 3.8) is 0 Å². The highest BCUT2D eigenvalue weighted by atomic mass is 32.2. The minimum Gasteiger partial charge on any atom is -0.545 e. The minimum atomic E-state index is -4.27. The maximum absolute atomic E-state index is 13.0. The van der Waals surface area contributed by atoms with Crippen LogP contribution >= 0.6 is 0 Å². The van der Waals surface area contributed by atoms with Crippen molar-refractivity contribution in [3.05, 3.63) is 53.6 Å². The Balaban J connectivity index is 2.62. The average Bonchev–Trinajstić information content (AvgIpc) is 2.65. The van der Waals surface area contributed by atoms with Gasteiger partial charge in [0.05, 0.1) is 31.4 Å². The molecule has 2 aromatic carbocycles. The van der Waals surface area contributed by atoms with Gasteiger partial charge in [0, 0.05) is 0 Å². The monoisotopic (exact) mass is 405 g/mol. The summed E-state index contributed by atoms with van der Waals surface area (Å²) in [7, 11) is -1.71. The predicted octanol–water partition coefficient (Wildman–Crippen LogP) is 0.367. The van der Waals surface area contributed by atoms with Crippen molar-refractivity contribution in [1.82, 2.24) is 0 Å². The van der Waals surface area contributed by atoms with Gasteiger partial charge in [0.15, 0.2) is 11.5 Å². The molecule has 0 aliphatic heterocycles. The Morgan fingerprint density at radius 3 is 2.39 bits per heavy atom. The molecule has 2 aromatic rings. The number of benzene rings is 2. The Bertz CT molecular complexity index is 1050. The van der Waals surface area contributed by atoms with Gasteiger partial charge in [-0.1, -0.05) is 18.2 Å². The summed E-state index contributed by atoms with van der Waals surface area (Å²) in [6, 6.07) is 8.40. The molecule has 148 valence electrons. The normalized spacial score (nSPS) is 11.2. The first kappa shape index (κ1) is 20.8. The van der Waals surface area contributed by atoms with Crippen molar-refractivity contribution in [2.75, 3.05) is 18.9 Å². The van der Waals surface area contributed by atoms with E-state index in [4.69, 9.17) is 15.2 Å². The summed E-state index contributed by atoms with van der Waals surface area (Å²) >= 11 is 0. The molecule has 0 spiro atoms. The predicted molar refractivity (Wildman–Crippen MR) is 99.4 cm³/mol. The van der Waals surface area contributed by atoms with Crippen LogP contribution in [0.2, 0.25) is 0 Å². The molecule has 0 aliphatic carbocycles. The molecule has 0 saturated heterocycles. The summed E-state index contributed by atoms with van der Waals surface area (Å²) in [6.45, 7) is 0. The molecule has 2 rings (SSSR count). The second kappa shape index (κ2) is 8.44. The highest BCUT2D eigenvalue weighted by Crippen LogP contribution is 2.37. The summed E-state index contributed by atoms with van der Waals surface area (Å²) in [5.74, 6) is -2.30. The van der Waals surface area contributed by atoms with E-state index in [1.807, 2.05) is 0 Å². The van der Waals surface area contributed by atoms with Gasteiger partial charge >= 0.3 is 0 Å². The molecule has 0 bridgehead atoms. The number of nitrogens with one attached hydrogen (secondary N) is 1. The lowest BCUT2D eigenvalue weighted by Gasteiger charge is -2.16. The van der Waals surface area contributed by atoms with Gasteiger partial charge in [0.1, 0.15) is 4.90 Å². The molecule has 0 aromatic heterocycles. The van der Waals surface area contributed by atoms with Crippen LogP contribution in [0.15, 0.2) is 47.4 Å². The zero-order valence-electron chi connectivity index (χ0n) is 15.0. The number of para-hydroxylation sites is 1. The molecule has 0 heterocycles. The standard InChI is InChI=1S/C18H18N2O7S/c1-26-14-9-11(7-8-16(21)22)10-15(17(14)27-2)28(24,25)20-13-6-4-3-5-12(13)18(19)23/h3-10,20H,1-2H3,(H2,19,23)(H,21,22)/p-1/b8-7+. The van der Waals surface area contributed by atoms with Crippen LogP contribution in [0.4, 0.5) is 5.69 Å². The number of primary amides is 1. The van der Waals surface area contributed by atoms with E-state index in [1.165, 1.54) is 50.6 Å². The van der Waals surface area contributed by atoms with Gasteiger partial charge in [-0.2, -0.15) is 0 Å². The number of carboxylic acid groups (broad SMARTS) is 1. The number of rotatable bonds is 8. The fourth-order valence-corrected chi connectivity index (χ4v) is 3.69. The van der Waals surface area contributed by atoms with Gasteiger partial charge in [-0.25, -0.2) is 8.42 Å². The number of carbonyl (C=O) groups excluding carboxylic acids is 2. The van der Waals surface area contributed by atoms with E-state index in [1.54, 1.807) is 0 Å². The lowest BCUT2D eigenvalue weighted by atomic mass is 10.2. The number of ether oxygens (including phenoxy) is 2. The third-order valence-electron chi connectivity index (χ3n) is 3.61. The van der Waals surface area contributed by atoms with Gasteiger partial charge in [0.2, 0.25) is 0 Å². The van der Waals surface area contributed by atoms with Crippen molar-refractivity contribution in [3.8, 4) is 11.5 Å². The van der Waals surface area contributed by atoms with Crippen LogP contribution in [-0.2, 0) is 14.8 Å². The molecule has 0 radical (unpaired) electrons. The third-order valence-corrected chi connectivity index (χ3v) is 4.98. The molecule has 10 heteroatoms. The number of hydrogen-bond donors (Lipinski definition) is 2.